The number of nitrogens with zero attached hydrogens (tertiary/aromatic N) is 2. The van der Waals surface area contributed by atoms with E-state index in [4.69, 9.17) is 0 Å². The molecular formula is C20H23N3O. The van der Waals surface area contributed by atoms with E-state index in [0.29, 0.717) is 12.0 Å². The van der Waals surface area contributed by atoms with E-state index in [2.05, 4.69) is 40.9 Å². The molecule has 1 aliphatic carbocycles. The summed E-state index contributed by atoms with van der Waals surface area (Å²) in [5, 5.41) is 0. The number of aromatic amines is 1. The van der Waals surface area contributed by atoms with Gasteiger partial charge < -0.3 is 9.88 Å². The van der Waals surface area contributed by atoms with Gasteiger partial charge in [-0.25, -0.2) is 4.98 Å². The minimum Gasteiger partial charge on any atom is -0.345 e. The number of rotatable bonds is 2. The van der Waals surface area contributed by atoms with Gasteiger partial charge in [0.15, 0.2) is 0 Å². The van der Waals surface area contributed by atoms with Crippen LogP contribution in [0.5, 0.6) is 0 Å². The van der Waals surface area contributed by atoms with Gasteiger partial charge in [-0.3, -0.25) is 4.79 Å². The van der Waals surface area contributed by atoms with E-state index in [1.54, 1.807) is 6.33 Å². The lowest BCUT2D eigenvalue weighted by atomic mass is 9.87. The minimum atomic E-state index is 0.149. The number of piperidine rings is 1. The Hall–Kier alpha value is -2.36. The number of allylic oxidation sites excluding steroid dienone is 2. The molecule has 24 heavy (non-hydrogen) atoms. The molecule has 2 heterocycles. The molecule has 0 bridgehead atoms. The Morgan fingerprint density at radius 1 is 1.42 bits per heavy atom. The highest BCUT2D eigenvalue weighted by Gasteiger charge is 2.40. The molecule has 1 aromatic carbocycles. The summed E-state index contributed by atoms with van der Waals surface area (Å²) in [6, 6.07) is 6.06. The molecular weight excluding hydrogens is 298 g/mol. The number of hydrogen-bond acceptors (Lipinski definition) is 2. The minimum absolute atomic E-state index is 0.149. The Bertz CT molecular complexity index is 845. The quantitative estimate of drug-likeness (QED) is 0.906. The zero-order chi connectivity index (χ0) is 16.7. The third-order valence-electron chi connectivity index (χ3n) is 5.46. The number of fused-ring (bicyclic) bond motifs is 2. The first-order chi connectivity index (χ1) is 11.7. The van der Waals surface area contributed by atoms with Gasteiger partial charge in [0.2, 0.25) is 0 Å². The SMILES string of the molecule is C/C=C\C1=C(C)C[C@H]2[C@@H]1CCCN2C(=O)c1ccc2nc[nH]c2c1. The van der Waals surface area contributed by atoms with Crippen LogP contribution in [0.2, 0.25) is 0 Å². The van der Waals surface area contributed by atoms with Crippen LogP contribution >= 0.6 is 0 Å². The van der Waals surface area contributed by atoms with Crippen molar-refractivity contribution in [2.75, 3.05) is 6.54 Å². The fourth-order valence-corrected chi connectivity index (χ4v) is 4.35. The zero-order valence-corrected chi connectivity index (χ0v) is 14.2. The van der Waals surface area contributed by atoms with Gasteiger partial charge in [0.1, 0.15) is 0 Å². The van der Waals surface area contributed by atoms with Crippen molar-refractivity contribution in [1.82, 2.24) is 14.9 Å². The summed E-state index contributed by atoms with van der Waals surface area (Å²) in [6.07, 6.45) is 9.29. The second-order valence-electron chi connectivity index (χ2n) is 6.89. The number of H-pyrrole nitrogens is 1. The van der Waals surface area contributed by atoms with Crippen molar-refractivity contribution in [3.05, 3.63) is 53.4 Å². The van der Waals surface area contributed by atoms with Gasteiger partial charge in [-0.15, -0.1) is 0 Å². The van der Waals surface area contributed by atoms with E-state index in [9.17, 15) is 4.79 Å². The van der Waals surface area contributed by atoms with Crippen LogP contribution < -0.4 is 0 Å². The molecule has 2 aromatic rings. The topological polar surface area (TPSA) is 49.0 Å². The first-order valence-corrected chi connectivity index (χ1v) is 8.75. The third kappa shape index (κ3) is 2.37. The number of carbonyl (C=O) groups is 1. The number of benzene rings is 1. The summed E-state index contributed by atoms with van der Waals surface area (Å²) < 4.78 is 0. The maximum absolute atomic E-state index is 13.1. The van der Waals surface area contributed by atoms with E-state index < -0.39 is 0 Å². The molecule has 0 spiro atoms. The van der Waals surface area contributed by atoms with Crippen LogP contribution in [0.3, 0.4) is 0 Å². The van der Waals surface area contributed by atoms with Gasteiger partial charge in [0.25, 0.3) is 5.91 Å². The standard InChI is InChI=1S/C20H23N3O/c1-3-5-15-13(2)10-19-16(15)6-4-9-23(19)20(24)14-7-8-17-18(11-14)22-12-21-17/h3,5,7-8,11-12,16,19H,4,6,9-10H2,1-2H3,(H,21,22)/b5-3-/t16-,19+/m1/s1. The van der Waals surface area contributed by atoms with Gasteiger partial charge in [0, 0.05) is 24.1 Å². The largest absolute Gasteiger partial charge is 0.345 e. The van der Waals surface area contributed by atoms with Crippen molar-refractivity contribution in [3.8, 4) is 0 Å². The molecule has 1 saturated heterocycles. The predicted molar refractivity (Wildman–Crippen MR) is 95.8 cm³/mol. The number of hydrogen-bond donors (Lipinski definition) is 1. The Balaban J connectivity index is 1.63. The Morgan fingerprint density at radius 2 is 2.29 bits per heavy atom. The average Bonchev–Trinajstić information content (AvgIpc) is 3.18. The molecule has 1 aliphatic heterocycles. The summed E-state index contributed by atoms with van der Waals surface area (Å²) in [5.74, 6) is 0.644. The molecule has 1 fully saturated rings. The van der Waals surface area contributed by atoms with Crippen molar-refractivity contribution in [1.29, 1.82) is 0 Å². The van der Waals surface area contributed by atoms with Crippen molar-refractivity contribution in [3.63, 3.8) is 0 Å². The van der Waals surface area contributed by atoms with Crippen LogP contribution in [0.4, 0.5) is 0 Å². The highest BCUT2D eigenvalue weighted by Crippen LogP contribution is 2.42. The smallest absolute Gasteiger partial charge is 0.254 e. The molecule has 124 valence electrons. The van der Waals surface area contributed by atoms with Crippen LogP contribution in [-0.2, 0) is 0 Å². The third-order valence-corrected chi connectivity index (χ3v) is 5.46. The summed E-state index contributed by atoms with van der Waals surface area (Å²) in [5.41, 5.74) is 5.46. The second-order valence-corrected chi connectivity index (χ2v) is 6.89. The van der Waals surface area contributed by atoms with Crippen molar-refractivity contribution < 1.29 is 4.79 Å². The lowest BCUT2D eigenvalue weighted by molar-refractivity contribution is 0.0564. The average molecular weight is 321 g/mol. The van der Waals surface area contributed by atoms with Gasteiger partial charge in [-0.1, -0.05) is 17.7 Å². The lowest BCUT2D eigenvalue weighted by Crippen LogP contribution is -2.47. The molecule has 0 saturated carbocycles. The number of amides is 1. The fourth-order valence-electron chi connectivity index (χ4n) is 4.35. The number of nitrogens with one attached hydrogen (secondary N) is 1. The van der Waals surface area contributed by atoms with Crippen molar-refractivity contribution >= 4 is 16.9 Å². The molecule has 1 N–H and O–H groups in total. The van der Waals surface area contributed by atoms with Crippen LogP contribution in [0, 0.1) is 5.92 Å². The molecule has 1 aromatic heterocycles. The summed E-state index contributed by atoms with van der Waals surface area (Å²) in [7, 11) is 0. The maximum Gasteiger partial charge on any atom is 0.254 e. The highest BCUT2D eigenvalue weighted by molar-refractivity contribution is 5.97. The van der Waals surface area contributed by atoms with Crippen molar-refractivity contribution in [2.45, 2.75) is 39.2 Å². The van der Waals surface area contributed by atoms with Crippen LogP contribution in [0.25, 0.3) is 11.0 Å². The first kappa shape index (κ1) is 15.2. The normalized spacial score (nSPS) is 24.2. The van der Waals surface area contributed by atoms with E-state index in [0.717, 1.165) is 36.0 Å². The molecule has 0 unspecified atom stereocenters. The zero-order valence-electron chi connectivity index (χ0n) is 14.2. The van der Waals surface area contributed by atoms with Crippen LogP contribution in [0.15, 0.2) is 47.8 Å². The summed E-state index contributed by atoms with van der Waals surface area (Å²) in [4.78, 5) is 22.6. The second kappa shape index (κ2) is 5.93. The van der Waals surface area contributed by atoms with E-state index in [1.807, 2.05) is 18.2 Å². The number of imidazole rings is 1. The van der Waals surface area contributed by atoms with Crippen LogP contribution in [0.1, 0.15) is 43.5 Å². The molecule has 1 amide bonds. The van der Waals surface area contributed by atoms with E-state index in [1.165, 1.54) is 17.6 Å². The summed E-state index contributed by atoms with van der Waals surface area (Å²) in [6.45, 7) is 5.14. The lowest BCUT2D eigenvalue weighted by Gasteiger charge is -2.38. The number of carbonyl (C=O) groups excluding carboxylic acids is 1. The summed E-state index contributed by atoms with van der Waals surface area (Å²) >= 11 is 0. The first-order valence-electron chi connectivity index (χ1n) is 8.75. The van der Waals surface area contributed by atoms with Gasteiger partial charge in [0.05, 0.1) is 17.4 Å². The van der Waals surface area contributed by atoms with Gasteiger partial charge >= 0.3 is 0 Å². The van der Waals surface area contributed by atoms with E-state index in [-0.39, 0.29) is 5.91 Å². The Labute approximate surface area is 142 Å². The highest BCUT2D eigenvalue weighted by atomic mass is 16.2. The van der Waals surface area contributed by atoms with E-state index >= 15 is 0 Å². The number of likely N-dealkylation sites (tertiary alicyclic amines) is 1. The molecule has 2 atom stereocenters. The van der Waals surface area contributed by atoms with Crippen LogP contribution in [-0.4, -0.2) is 33.4 Å². The van der Waals surface area contributed by atoms with Gasteiger partial charge in [-0.2, -0.15) is 0 Å². The Morgan fingerprint density at radius 3 is 3.12 bits per heavy atom. The molecule has 0 radical (unpaired) electrons. The Kier molecular flexibility index (Phi) is 3.75. The maximum atomic E-state index is 13.1. The van der Waals surface area contributed by atoms with Crippen molar-refractivity contribution in [2.24, 2.45) is 5.92 Å². The number of aromatic nitrogens is 2. The predicted octanol–water partition coefficient (Wildman–Crippen LogP) is 4.08. The monoisotopic (exact) mass is 321 g/mol. The fraction of sp³-hybridized carbons (Fsp3) is 0.400. The molecule has 4 rings (SSSR count). The molecule has 2 aliphatic rings. The molecule has 4 nitrogen and oxygen atoms in total. The van der Waals surface area contributed by atoms with Gasteiger partial charge in [-0.05, 0) is 56.9 Å². The molecule has 4 heteroatoms.